The van der Waals surface area contributed by atoms with E-state index < -0.39 is 17.6 Å². The Bertz CT molecular complexity index is 1430. The van der Waals surface area contributed by atoms with Gasteiger partial charge in [-0.05, 0) is 81.4 Å². The van der Waals surface area contributed by atoms with Gasteiger partial charge in [0.05, 0.1) is 11.3 Å². The predicted octanol–water partition coefficient (Wildman–Crippen LogP) is 7.20. The Morgan fingerprint density at radius 3 is 2.55 bits per heavy atom. The molecule has 3 rings (SSSR count). The molecule has 0 saturated carbocycles. The van der Waals surface area contributed by atoms with Gasteiger partial charge in [-0.25, -0.2) is 10.0 Å². The van der Waals surface area contributed by atoms with Gasteiger partial charge >= 0.3 is 6.18 Å². The number of benzene rings is 2. The van der Waals surface area contributed by atoms with Gasteiger partial charge in [0.25, 0.3) is 5.91 Å². The summed E-state index contributed by atoms with van der Waals surface area (Å²) >= 11 is 0. The number of hydrogen-bond donors (Lipinski definition) is 2. The summed E-state index contributed by atoms with van der Waals surface area (Å²) in [4.78, 5) is 17.3. The summed E-state index contributed by atoms with van der Waals surface area (Å²) in [6.07, 6.45) is 10.5. The number of hydrogen-bond acceptors (Lipinski definition) is 5. The van der Waals surface area contributed by atoms with Crippen molar-refractivity contribution in [3.05, 3.63) is 119 Å². The molecule has 208 valence electrons. The molecular formula is C31H32F3N5O. The first-order valence-corrected chi connectivity index (χ1v) is 12.7. The summed E-state index contributed by atoms with van der Waals surface area (Å²) in [5.74, 6) is -0.0628. The summed E-state index contributed by atoms with van der Waals surface area (Å²) in [5, 5.41) is 12.1. The monoisotopic (exact) mass is 547 g/mol. The van der Waals surface area contributed by atoms with Crippen molar-refractivity contribution in [2.45, 2.75) is 26.9 Å². The number of nitrogens with zero attached hydrogens (tertiary/aromatic N) is 3. The molecule has 2 aromatic rings. The number of carbonyl (C=O) groups is 1. The molecule has 0 fully saturated rings. The molecule has 0 unspecified atom stereocenters. The second-order valence-corrected chi connectivity index (χ2v) is 8.67. The molecule has 2 aromatic carbocycles. The van der Waals surface area contributed by atoms with Crippen LogP contribution in [0, 0.1) is 0 Å². The van der Waals surface area contributed by atoms with E-state index >= 15 is 0 Å². The first-order chi connectivity index (χ1) is 19.2. The lowest BCUT2D eigenvalue weighted by molar-refractivity contribution is -0.137. The average molecular weight is 548 g/mol. The molecule has 0 aromatic heterocycles. The number of nitrogens with one attached hydrogen (secondary N) is 2. The molecule has 40 heavy (non-hydrogen) atoms. The van der Waals surface area contributed by atoms with Crippen molar-refractivity contribution in [2.24, 2.45) is 10.1 Å². The minimum Gasteiger partial charge on any atom is -0.322 e. The predicted molar refractivity (Wildman–Crippen MR) is 157 cm³/mol. The quantitative estimate of drug-likeness (QED) is 0.258. The highest BCUT2D eigenvalue weighted by atomic mass is 19.4. The van der Waals surface area contributed by atoms with Crippen LogP contribution in [0.3, 0.4) is 0 Å². The molecular weight excluding hydrogens is 515 g/mol. The fourth-order valence-electron chi connectivity index (χ4n) is 3.92. The van der Waals surface area contributed by atoms with Gasteiger partial charge < -0.3 is 10.6 Å². The zero-order valence-corrected chi connectivity index (χ0v) is 22.8. The van der Waals surface area contributed by atoms with Crippen molar-refractivity contribution in [3.63, 3.8) is 0 Å². The molecule has 1 aliphatic rings. The van der Waals surface area contributed by atoms with E-state index in [1.807, 2.05) is 51.3 Å². The standard InChI is InChI=1S/C31H32F3N5O/c1-5-10-23(17-22(6-2)21-35-4)18-29-36-16-15-28(39(29)37-7-3)24-11-9-14-27(20-24)38-30(40)25-12-8-13-26(19-25)31(32,33)34/h5-20,35H,21H2,1-4H3,(H,38,40)/b10-5+,22-6+,23-17+,29-18+,37-7-. The maximum Gasteiger partial charge on any atom is 0.416 e. The zero-order valence-electron chi connectivity index (χ0n) is 22.8. The summed E-state index contributed by atoms with van der Waals surface area (Å²) in [7, 11) is 1.89. The third kappa shape index (κ3) is 8.00. The highest BCUT2D eigenvalue weighted by Crippen LogP contribution is 2.31. The maximum absolute atomic E-state index is 13.1. The molecule has 9 heteroatoms. The lowest BCUT2D eigenvalue weighted by Crippen LogP contribution is -2.18. The van der Waals surface area contributed by atoms with Crippen LogP contribution >= 0.6 is 0 Å². The fourth-order valence-corrected chi connectivity index (χ4v) is 3.92. The summed E-state index contributed by atoms with van der Waals surface area (Å²) in [6, 6.07) is 11.3. The first kappa shape index (κ1) is 30.0. The average Bonchev–Trinajstić information content (AvgIpc) is 2.93. The second-order valence-electron chi connectivity index (χ2n) is 8.67. The minimum absolute atomic E-state index is 0.0891. The third-order valence-electron chi connectivity index (χ3n) is 5.74. The molecule has 6 nitrogen and oxygen atoms in total. The smallest absolute Gasteiger partial charge is 0.322 e. The number of anilines is 1. The molecule has 0 spiro atoms. The van der Waals surface area contributed by atoms with Crippen molar-refractivity contribution in [1.29, 1.82) is 0 Å². The van der Waals surface area contributed by atoms with Crippen LogP contribution < -0.4 is 10.6 Å². The van der Waals surface area contributed by atoms with Crippen LogP contribution in [0.1, 0.15) is 42.3 Å². The number of rotatable bonds is 9. The molecule has 0 bridgehead atoms. The SMILES string of the molecule is C/C=N\N1C(c2cccc(NC(=O)c3cccc(C(F)(F)F)c3)c2)=CC=N\C1=C/C(/C=C/C)=C/C(=C\C)CNC. The Kier molecular flexibility index (Phi) is 10.6. The van der Waals surface area contributed by atoms with Crippen molar-refractivity contribution in [2.75, 3.05) is 18.9 Å². The van der Waals surface area contributed by atoms with Gasteiger partial charge in [-0.1, -0.05) is 42.5 Å². The van der Waals surface area contributed by atoms with E-state index in [2.05, 4.69) is 26.8 Å². The van der Waals surface area contributed by atoms with Crippen molar-refractivity contribution < 1.29 is 18.0 Å². The summed E-state index contributed by atoms with van der Waals surface area (Å²) in [5.41, 5.74) is 2.92. The van der Waals surface area contributed by atoms with Gasteiger partial charge in [-0.3, -0.25) is 4.79 Å². The number of halogens is 3. The highest BCUT2D eigenvalue weighted by molar-refractivity contribution is 6.04. The Balaban J connectivity index is 1.93. The Labute approximate surface area is 232 Å². The van der Waals surface area contributed by atoms with Crippen LogP contribution in [-0.4, -0.2) is 36.9 Å². The van der Waals surface area contributed by atoms with Crippen LogP contribution in [0.15, 0.2) is 112 Å². The summed E-state index contributed by atoms with van der Waals surface area (Å²) < 4.78 is 39.3. The van der Waals surface area contributed by atoms with Gasteiger partial charge in [0, 0.05) is 35.8 Å². The number of alkyl halides is 3. The molecule has 0 radical (unpaired) electrons. The highest BCUT2D eigenvalue weighted by Gasteiger charge is 2.31. The second kappa shape index (κ2) is 14.0. The number of allylic oxidation sites excluding steroid dienone is 6. The van der Waals surface area contributed by atoms with E-state index in [1.165, 1.54) is 12.1 Å². The van der Waals surface area contributed by atoms with Crippen LogP contribution in [0.5, 0.6) is 0 Å². The molecule has 0 aliphatic carbocycles. The van der Waals surface area contributed by atoms with Crippen molar-refractivity contribution in [1.82, 2.24) is 10.3 Å². The summed E-state index contributed by atoms with van der Waals surface area (Å²) in [6.45, 7) is 6.43. The Morgan fingerprint density at radius 1 is 1.10 bits per heavy atom. The number of carbonyl (C=O) groups excluding carboxylic acids is 1. The van der Waals surface area contributed by atoms with E-state index in [9.17, 15) is 18.0 Å². The van der Waals surface area contributed by atoms with Gasteiger partial charge in [-0.15, -0.1) is 0 Å². The third-order valence-corrected chi connectivity index (χ3v) is 5.74. The largest absolute Gasteiger partial charge is 0.416 e. The van der Waals surface area contributed by atoms with Gasteiger partial charge in [0.1, 0.15) is 0 Å². The number of aliphatic imine (C=N–C) groups is 1. The Morgan fingerprint density at radius 2 is 1.88 bits per heavy atom. The van der Waals surface area contributed by atoms with E-state index in [0.29, 0.717) is 23.8 Å². The van der Waals surface area contributed by atoms with E-state index in [0.717, 1.165) is 28.8 Å². The Hall–Kier alpha value is -4.50. The van der Waals surface area contributed by atoms with E-state index in [1.54, 1.807) is 48.6 Å². The molecule has 0 saturated heterocycles. The number of likely N-dealkylation sites (N-methyl/N-ethyl adjacent to an activating group) is 1. The molecule has 1 amide bonds. The van der Waals surface area contributed by atoms with Gasteiger partial charge in [0.15, 0.2) is 5.82 Å². The molecule has 1 aliphatic heterocycles. The number of hydrazone groups is 1. The van der Waals surface area contributed by atoms with E-state index in [4.69, 9.17) is 0 Å². The van der Waals surface area contributed by atoms with Crippen molar-refractivity contribution in [3.8, 4) is 0 Å². The first-order valence-electron chi connectivity index (χ1n) is 12.7. The molecule has 1 heterocycles. The van der Waals surface area contributed by atoms with Gasteiger partial charge in [0.2, 0.25) is 0 Å². The maximum atomic E-state index is 13.1. The normalized spacial score (nSPS) is 15.8. The zero-order chi connectivity index (χ0) is 29.1. The molecule has 2 N–H and O–H groups in total. The molecule has 0 atom stereocenters. The van der Waals surface area contributed by atoms with E-state index in [-0.39, 0.29) is 5.56 Å². The lowest BCUT2D eigenvalue weighted by Gasteiger charge is -2.25. The van der Waals surface area contributed by atoms with Crippen molar-refractivity contribution >= 4 is 29.7 Å². The van der Waals surface area contributed by atoms with Crippen LogP contribution in [0.25, 0.3) is 5.70 Å². The lowest BCUT2D eigenvalue weighted by atomic mass is 10.1. The van der Waals surface area contributed by atoms with Crippen LogP contribution in [0.2, 0.25) is 0 Å². The fraction of sp³-hybridized carbons (Fsp3) is 0.194. The van der Waals surface area contributed by atoms with Crippen LogP contribution in [-0.2, 0) is 6.18 Å². The van der Waals surface area contributed by atoms with Crippen LogP contribution in [0.4, 0.5) is 18.9 Å². The van der Waals surface area contributed by atoms with Gasteiger partial charge in [-0.2, -0.15) is 18.3 Å². The minimum atomic E-state index is -4.54. The number of amides is 1. The topological polar surface area (TPSA) is 69.1 Å².